The van der Waals surface area contributed by atoms with E-state index in [0.29, 0.717) is 11.1 Å². The molecule has 0 radical (unpaired) electrons. The van der Waals surface area contributed by atoms with Gasteiger partial charge < -0.3 is 9.08 Å². The lowest BCUT2D eigenvalue weighted by Crippen LogP contribution is -2.38. The molecule has 3 aromatic carbocycles. The van der Waals surface area contributed by atoms with E-state index in [1.54, 1.807) is 35.2 Å². The van der Waals surface area contributed by atoms with Crippen LogP contribution in [0.1, 0.15) is 30.4 Å². The van der Waals surface area contributed by atoms with E-state index in [-0.39, 0.29) is 29.1 Å². The maximum absolute atomic E-state index is 13.1. The van der Waals surface area contributed by atoms with Crippen molar-refractivity contribution < 1.29 is 21.8 Å². The smallest absolute Gasteiger partial charge is 0.339 e. The van der Waals surface area contributed by atoms with Crippen LogP contribution >= 0.6 is 11.6 Å². The molecule has 0 aliphatic carbocycles. The summed E-state index contributed by atoms with van der Waals surface area (Å²) in [7, 11) is -4.13. The summed E-state index contributed by atoms with van der Waals surface area (Å²) in [6.07, 6.45) is 0. The lowest BCUT2D eigenvalue weighted by molar-refractivity contribution is -0.133. The molecular weight excluding hydrogens is 453 g/mol. The van der Waals surface area contributed by atoms with Crippen molar-refractivity contribution in [2.45, 2.75) is 36.7 Å². The van der Waals surface area contributed by atoms with Crippen LogP contribution in [0, 0.1) is 5.82 Å². The summed E-state index contributed by atoms with van der Waals surface area (Å²) < 4.78 is 43.3. The third-order valence-corrected chi connectivity index (χ3v) is 6.48. The molecule has 0 bridgehead atoms. The Morgan fingerprint density at radius 1 is 1.00 bits per heavy atom. The van der Waals surface area contributed by atoms with Gasteiger partial charge >= 0.3 is 10.1 Å². The number of carbonyl (C=O) groups is 1. The second kappa shape index (κ2) is 10.1. The van der Waals surface area contributed by atoms with Gasteiger partial charge in [-0.1, -0.05) is 42.5 Å². The number of nitrogens with zero attached hydrogens (tertiary/aromatic N) is 1. The maximum atomic E-state index is 13.1. The minimum atomic E-state index is -4.13. The van der Waals surface area contributed by atoms with Crippen LogP contribution < -0.4 is 4.18 Å². The molecule has 1 amide bonds. The number of benzene rings is 3. The van der Waals surface area contributed by atoms with Crippen LogP contribution in [-0.4, -0.2) is 25.3 Å². The minimum Gasteiger partial charge on any atom is -0.379 e. The number of hydrogen-bond donors (Lipinski definition) is 0. The predicted molar refractivity (Wildman–Crippen MR) is 121 cm³/mol. The van der Waals surface area contributed by atoms with E-state index < -0.39 is 21.3 Å². The van der Waals surface area contributed by atoms with Crippen LogP contribution in [0.15, 0.2) is 83.8 Å². The van der Waals surface area contributed by atoms with Crippen LogP contribution in [0.4, 0.5) is 4.39 Å². The average Bonchev–Trinajstić information content (AvgIpc) is 2.77. The summed E-state index contributed by atoms with van der Waals surface area (Å²) in [5.74, 6) is -0.705. The summed E-state index contributed by atoms with van der Waals surface area (Å²) in [6.45, 7) is 3.98. The van der Waals surface area contributed by atoms with Gasteiger partial charge in [-0.05, 0) is 61.4 Å². The van der Waals surface area contributed by atoms with Gasteiger partial charge in [-0.3, -0.25) is 4.79 Å². The highest BCUT2D eigenvalue weighted by Crippen LogP contribution is 2.26. The third-order valence-electron chi connectivity index (χ3n) is 4.78. The molecule has 1 atom stereocenters. The zero-order valence-corrected chi connectivity index (χ0v) is 19.2. The molecule has 8 heteroatoms. The fraction of sp³-hybridized carbons (Fsp3) is 0.208. The monoisotopic (exact) mass is 475 g/mol. The molecule has 0 aliphatic heterocycles. The molecule has 1 unspecified atom stereocenters. The lowest BCUT2D eigenvalue weighted by Gasteiger charge is -2.29. The molecular formula is C24H23ClFNO4S. The molecule has 3 aromatic rings. The van der Waals surface area contributed by atoms with Crippen molar-refractivity contribution >= 4 is 27.6 Å². The summed E-state index contributed by atoms with van der Waals surface area (Å²) in [6, 6.07) is 19.8. The van der Waals surface area contributed by atoms with Crippen LogP contribution in [0.3, 0.4) is 0 Å². The van der Waals surface area contributed by atoms with E-state index in [9.17, 15) is 17.6 Å². The zero-order valence-electron chi connectivity index (χ0n) is 17.6. The van der Waals surface area contributed by atoms with Crippen molar-refractivity contribution in [1.29, 1.82) is 0 Å². The number of halogens is 2. The van der Waals surface area contributed by atoms with Crippen LogP contribution in [0.25, 0.3) is 0 Å². The zero-order chi connectivity index (χ0) is 23.3. The first-order valence-corrected chi connectivity index (χ1v) is 11.8. The van der Waals surface area contributed by atoms with Gasteiger partial charge in [-0.25, -0.2) is 4.39 Å². The second-order valence-corrected chi connectivity index (χ2v) is 9.45. The Kier molecular flexibility index (Phi) is 7.53. The van der Waals surface area contributed by atoms with Crippen molar-refractivity contribution in [1.82, 2.24) is 4.90 Å². The van der Waals surface area contributed by atoms with Crippen molar-refractivity contribution in [2.75, 3.05) is 0 Å². The highest BCUT2D eigenvalue weighted by Gasteiger charge is 2.26. The average molecular weight is 476 g/mol. The molecule has 0 aromatic heterocycles. The molecule has 0 saturated heterocycles. The van der Waals surface area contributed by atoms with Gasteiger partial charge in [-0.2, -0.15) is 8.42 Å². The first-order valence-electron chi connectivity index (χ1n) is 9.96. The summed E-state index contributed by atoms with van der Waals surface area (Å²) in [4.78, 5) is 14.5. The molecule has 0 heterocycles. The Morgan fingerprint density at radius 2 is 1.66 bits per heavy atom. The molecule has 168 valence electrons. The van der Waals surface area contributed by atoms with Crippen LogP contribution in [0.2, 0.25) is 0 Å². The van der Waals surface area contributed by atoms with Crippen molar-refractivity contribution in [3.63, 3.8) is 0 Å². The summed E-state index contributed by atoms with van der Waals surface area (Å²) in [5.41, 5.74) is 1.38. The second-order valence-electron chi connectivity index (χ2n) is 7.47. The number of hydrogen-bond acceptors (Lipinski definition) is 4. The van der Waals surface area contributed by atoms with Gasteiger partial charge in [0.05, 0.1) is 0 Å². The third kappa shape index (κ3) is 5.87. The SMILES string of the molecule is CC(C)N(Cc1cccc(OS(=O)(=O)c2ccc(F)cc2)c1)C(=O)C(Cl)c1ccccc1. The highest BCUT2D eigenvalue weighted by atomic mass is 35.5. The minimum absolute atomic E-state index is 0.0912. The molecule has 0 N–H and O–H groups in total. The normalized spacial score (nSPS) is 12.4. The number of rotatable bonds is 8. The van der Waals surface area contributed by atoms with Crippen LogP contribution in [-0.2, 0) is 21.5 Å². The van der Waals surface area contributed by atoms with Gasteiger partial charge in [0, 0.05) is 12.6 Å². The van der Waals surface area contributed by atoms with E-state index in [1.165, 1.54) is 6.07 Å². The van der Waals surface area contributed by atoms with Gasteiger partial charge in [-0.15, -0.1) is 11.6 Å². The molecule has 3 rings (SSSR count). The topological polar surface area (TPSA) is 63.7 Å². The summed E-state index contributed by atoms with van der Waals surface area (Å²) >= 11 is 6.44. The Bertz CT molecular complexity index is 1170. The predicted octanol–water partition coefficient (Wildman–Crippen LogP) is 5.31. The fourth-order valence-corrected chi connectivity index (χ4v) is 4.29. The standard InChI is InChI=1S/C24H23ClFNO4S/c1-17(2)27(24(28)23(25)19-8-4-3-5-9-19)16-18-7-6-10-21(15-18)31-32(29,30)22-13-11-20(26)12-14-22/h3-15,17,23H,16H2,1-2H3. The number of alkyl halides is 1. The molecule has 32 heavy (non-hydrogen) atoms. The fourth-order valence-electron chi connectivity index (χ4n) is 3.09. The molecule has 0 spiro atoms. The summed E-state index contributed by atoms with van der Waals surface area (Å²) in [5, 5.41) is -0.836. The van der Waals surface area contributed by atoms with Crippen LogP contribution in [0.5, 0.6) is 5.75 Å². The first-order chi connectivity index (χ1) is 15.2. The largest absolute Gasteiger partial charge is 0.379 e. The molecule has 0 aliphatic rings. The van der Waals surface area contributed by atoms with E-state index in [4.69, 9.17) is 15.8 Å². The van der Waals surface area contributed by atoms with E-state index in [1.807, 2.05) is 32.0 Å². The molecule has 0 saturated carbocycles. The Hall–Kier alpha value is -2.90. The van der Waals surface area contributed by atoms with Crippen molar-refractivity contribution in [3.8, 4) is 5.75 Å². The Balaban J connectivity index is 1.78. The lowest BCUT2D eigenvalue weighted by atomic mass is 10.1. The highest BCUT2D eigenvalue weighted by molar-refractivity contribution is 7.87. The van der Waals surface area contributed by atoms with E-state index >= 15 is 0 Å². The van der Waals surface area contributed by atoms with E-state index in [2.05, 4.69) is 0 Å². The van der Waals surface area contributed by atoms with Gasteiger partial charge in [0.1, 0.15) is 21.8 Å². The van der Waals surface area contributed by atoms with E-state index in [0.717, 1.165) is 24.3 Å². The molecule has 5 nitrogen and oxygen atoms in total. The van der Waals surface area contributed by atoms with Gasteiger partial charge in [0.15, 0.2) is 0 Å². The van der Waals surface area contributed by atoms with Gasteiger partial charge in [0.25, 0.3) is 0 Å². The van der Waals surface area contributed by atoms with Crippen molar-refractivity contribution in [2.24, 2.45) is 0 Å². The van der Waals surface area contributed by atoms with Gasteiger partial charge in [0.2, 0.25) is 5.91 Å². The quantitative estimate of drug-likeness (QED) is 0.327. The Labute approximate surface area is 192 Å². The van der Waals surface area contributed by atoms with Crippen molar-refractivity contribution in [3.05, 3.63) is 95.8 Å². The maximum Gasteiger partial charge on any atom is 0.339 e. The number of carbonyl (C=O) groups excluding carboxylic acids is 1. The first kappa shape index (κ1) is 23.8. The number of amides is 1. The Morgan fingerprint density at radius 3 is 2.28 bits per heavy atom. The molecule has 0 fully saturated rings.